The first kappa shape index (κ1) is 15.1. The van der Waals surface area contributed by atoms with Gasteiger partial charge in [0.2, 0.25) is 0 Å². The molecule has 2 aliphatic rings. The molecule has 0 aliphatic carbocycles. The van der Waals surface area contributed by atoms with Crippen LogP contribution in [0, 0.1) is 0 Å². The maximum absolute atomic E-state index is 12.5. The van der Waals surface area contributed by atoms with Crippen LogP contribution in [0.4, 0.5) is 4.79 Å². The van der Waals surface area contributed by atoms with E-state index in [0.29, 0.717) is 32.5 Å². The number of carboxylic acids is 1. The molecule has 2 rings (SSSR count). The number of β-amino-alcohol motifs (C(OH)–C–C–N with tert-alkyl or cyclic N) is 1. The fraction of sp³-hybridized carbons (Fsp3) is 0.857. The van der Waals surface area contributed by atoms with Crippen molar-refractivity contribution in [3.05, 3.63) is 0 Å². The van der Waals surface area contributed by atoms with Crippen LogP contribution in [0.15, 0.2) is 0 Å². The van der Waals surface area contributed by atoms with Crippen molar-refractivity contribution in [1.82, 2.24) is 9.80 Å². The summed E-state index contributed by atoms with van der Waals surface area (Å²) in [6.07, 6.45) is 4.12. The van der Waals surface area contributed by atoms with Crippen molar-refractivity contribution >= 4 is 12.0 Å². The fourth-order valence-corrected chi connectivity index (χ4v) is 3.13. The van der Waals surface area contributed by atoms with Gasteiger partial charge in [-0.2, -0.15) is 0 Å². The van der Waals surface area contributed by atoms with Gasteiger partial charge in [-0.3, -0.25) is 4.79 Å². The monoisotopic (exact) mass is 284 g/mol. The van der Waals surface area contributed by atoms with Crippen molar-refractivity contribution in [2.75, 3.05) is 19.6 Å². The summed E-state index contributed by atoms with van der Waals surface area (Å²) >= 11 is 0. The Bertz CT molecular complexity index is 383. The van der Waals surface area contributed by atoms with Crippen LogP contribution in [-0.4, -0.2) is 63.3 Å². The number of hydrogen-bond acceptors (Lipinski definition) is 3. The molecule has 6 heteroatoms. The summed E-state index contributed by atoms with van der Waals surface area (Å²) in [5.41, 5.74) is -0.790. The molecule has 0 saturated carbocycles. The second kappa shape index (κ2) is 5.99. The molecule has 2 fully saturated rings. The van der Waals surface area contributed by atoms with E-state index in [1.807, 2.05) is 4.90 Å². The molecule has 20 heavy (non-hydrogen) atoms. The van der Waals surface area contributed by atoms with Crippen molar-refractivity contribution in [2.24, 2.45) is 0 Å². The minimum Gasteiger partial charge on any atom is -0.481 e. The van der Waals surface area contributed by atoms with Crippen molar-refractivity contribution in [2.45, 2.75) is 57.1 Å². The van der Waals surface area contributed by atoms with Gasteiger partial charge in [0.25, 0.3) is 0 Å². The summed E-state index contributed by atoms with van der Waals surface area (Å²) in [6, 6.07) is -0.0178. The lowest BCUT2D eigenvalue weighted by Crippen LogP contribution is -2.50. The van der Waals surface area contributed by atoms with Crippen molar-refractivity contribution in [1.29, 1.82) is 0 Å². The molecule has 0 aromatic heterocycles. The lowest BCUT2D eigenvalue weighted by atomic mass is 9.98. The summed E-state index contributed by atoms with van der Waals surface area (Å²) in [4.78, 5) is 26.8. The van der Waals surface area contributed by atoms with Crippen LogP contribution < -0.4 is 0 Å². The van der Waals surface area contributed by atoms with Crippen molar-refractivity contribution in [3.63, 3.8) is 0 Å². The molecule has 2 amide bonds. The summed E-state index contributed by atoms with van der Waals surface area (Å²) in [7, 11) is 0. The highest BCUT2D eigenvalue weighted by atomic mass is 16.4. The van der Waals surface area contributed by atoms with E-state index < -0.39 is 11.6 Å². The Morgan fingerprint density at radius 3 is 2.65 bits per heavy atom. The van der Waals surface area contributed by atoms with Crippen LogP contribution in [0.25, 0.3) is 0 Å². The minimum atomic E-state index is -0.813. The molecule has 2 N–H and O–H groups in total. The van der Waals surface area contributed by atoms with E-state index >= 15 is 0 Å². The highest BCUT2D eigenvalue weighted by molar-refractivity contribution is 5.75. The Labute approximate surface area is 119 Å². The van der Waals surface area contributed by atoms with Crippen LogP contribution in [0.1, 0.15) is 45.4 Å². The number of carboxylic acid groups (broad SMARTS) is 1. The Hall–Kier alpha value is -1.30. The van der Waals surface area contributed by atoms with E-state index in [4.69, 9.17) is 5.11 Å². The Kier molecular flexibility index (Phi) is 4.52. The number of piperidine rings is 1. The topological polar surface area (TPSA) is 81.1 Å². The van der Waals surface area contributed by atoms with Gasteiger partial charge in [-0.25, -0.2) is 4.79 Å². The summed E-state index contributed by atoms with van der Waals surface area (Å²) in [5.74, 6) is -0.813. The van der Waals surface area contributed by atoms with E-state index in [9.17, 15) is 14.7 Å². The number of hydrogen-bond donors (Lipinski definition) is 2. The first-order valence-corrected chi connectivity index (χ1v) is 7.39. The molecule has 0 spiro atoms. The van der Waals surface area contributed by atoms with E-state index in [1.54, 1.807) is 11.8 Å². The Morgan fingerprint density at radius 1 is 1.30 bits per heavy atom. The molecule has 114 valence electrons. The second-order valence-electron chi connectivity index (χ2n) is 6.23. The lowest BCUT2D eigenvalue weighted by molar-refractivity contribution is -0.137. The highest BCUT2D eigenvalue weighted by Crippen LogP contribution is 2.26. The Balaban J connectivity index is 1.96. The number of carbonyl (C=O) groups excluding carboxylic acids is 1. The Morgan fingerprint density at radius 2 is 2.05 bits per heavy atom. The molecule has 2 saturated heterocycles. The standard InChI is InChI=1S/C14H24N2O4/c1-14(20)7-9-15(10-14)13(19)16-8-3-2-4-11(16)5-6-12(17)18/h11,20H,2-10H2,1H3,(H,17,18). The SMILES string of the molecule is CC1(O)CCN(C(=O)N2CCCCC2CCC(=O)O)C1. The molecular formula is C14H24N2O4. The predicted molar refractivity (Wildman–Crippen MR) is 73.4 cm³/mol. The number of carbonyl (C=O) groups is 2. The number of likely N-dealkylation sites (tertiary alicyclic amines) is 2. The number of nitrogens with zero attached hydrogens (tertiary/aromatic N) is 2. The molecule has 2 atom stereocenters. The van der Waals surface area contributed by atoms with Crippen LogP contribution >= 0.6 is 0 Å². The molecular weight excluding hydrogens is 260 g/mol. The highest BCUT2D eigenvalue weighted by Gasteiger charge is 2.38. The third-order valence-corrected chi connectivity index (χ3v) is 4.29. The predicted octanol–water partition coefficient (Wildman–Crippen LogP) is 1.28. The van der Waals surface area contributed by atoms with Gasteiger partial charge in [0.15, 0.2) is 0 Å². The number of amides is 2. The molecule has 0 radical (unpaired) electrons. The summed E-state index contributed by atoms with van der Waals surface area (Å²) in [6.45, 7) is 3.39. The molecule has 0 aromatic rings. The number of urea groups is 1. The number of rotatable bonds is 3. The van der Waals surface area contributed by atoms with Crippen LogP contribution in [0.5, 0.6) is 0 Å². The molecule has 2 aliphatic heterocycles. The first-order valence-electron chi connectivity index (χ1n) is 7.39. The maximum Gasteiger partial charge on any atom is 0.320 e. The van der Waals surface area contributed by atoms with Gasteiger partial charge in [0.05, 0.1) is 12.1 Å². The van der Waals surface area contributed by atoms with Gasteiger partial charge in [-0.1, -0.05) is 0 Å². The first-order chi connectivity index (χ1) is 9.39. The van der Waals surface area contributed by atoms with E-state index in [2.05, 4.69) is 0 Å². The quantitative estimate of drug-likeness (QED) is 0.818. The number of aliphatic carboxylic acids is 1. The molecule has 2 unspecified atom stereocenters. The van der Waals surface area contributed by atoms with Gasteiger partial charge < -0.3 is 20.0 Å². The average Bonchev–Trinajstić information content (AvgIpc) is 2.76. The maximum atomic E-state index is 12.5. The van der Waals surface area contributed by atoms with Crippen LogP contribution in [0.3, 0.4) is 0 Å². The van der Waals surface area contributed by atoms with Crippen LogP contribution in [-0.2, 0) is 4.79 Å². The zero-order valence-electron chi connectivity index (χ0n) is 12.0. The van der Waals surface area contributed by atoms with Gasteiger partial charge >= 0.3 is 12.0 Å². The van der Waals surface area contributed by atoms with Gasteiger partial charge in [0, 0.05) is 25.6 Å². The lowest BCUT2D eigenvalue weighted by Gasteiger charge is -2.38. The van der Waals surface area contributed by atoms with E-state index in [1.165, 1.54) is 0 Å². The van der Waals surface area contributed by atoms with Crippen molar-refractivity contribution in [3.8, 4) is 0 Å². The largest absolute Gasteiger partial charge is 0.481 e. The van der Waals surface area contributed by atoms with Gasteiger partial charge in [-0.05, 0) is 39.0 Å². The normalized spacial score (nSPS) is 30.6. The number of aliphatic hydroxyl groups is 1. The van der Waals surface area contributed by atoms with Crippen LogP contribution in [0.2, 0.25) is 0 Å². The van der Waals surface area contributed by atoms with Gasteiger partial charge in [0.1, 0.15) is 0 Å². The van der Waals surface area contributed by atoms with E-state index in [0.717, 1.165) is 19.3 Å². The summed E-state index contributed by atoms with van der Waals surface area (Å²) in [5, 5.41) is 18.8. The minimum absolute atomic E-state index is 0.0258. The molecule has 0 bridgehead atoms. The fourth-order valence-electron chi connectivity index (χ4n) is 3.13. The molecule has 0 aromatic carbocycles. The zero-order valence-corrected chi connectivity index (χ0v) is 12.0. The van der Waals surface area contributed by atoms with Crippen molar-refractivity contribution < 1.29 is 19.8 Å². The third-order valence-electron chi connectivity index (χ3n) is 4.29. The van der Waals surface area contributed by atoms with Gasteiger partial charge in [-0.15, -0.1) is 0 Å². The molecule has 2 heterocycles. The summed E-state index contributed by atoms with van der Waals surface area (Å²) < 4.78 is 0. The second-order valence-corrected chi connectivity index (χ2v) is 6.23. The smallest absolute Gasteiger partial charge is 0.320 e. The average molecular weight is 284 g/mol. The third kappa shape index (κ3) is 3.62. The van der Waals surface area contributed by atoms with E-state index in [-0.39, 0.29) is 18.5 Å². The zero-order chi connectivity index (χ0) is 14.8. The molecule has 6 nitrogen and oxygen atoms in total.